The molecule has 0 radical (unpaired) electrons. The molecule has 0 aromatic carbocycles. The highest BCUT2D eigenvalue weighted by atomic mass is 35.5. The zero-order valence-corrected chi connectivity index (χ0v) is 9.83. The Kier molecular flexibility index (Phi) is 2.57. The van der Waals surface area contributed by atoms with E-state index in [1.54, 1.807) is 12.3 Å². The van der Waals surface area contributed by atoms with Gasteiger partial charge in [-0.15, -0.1) is 0 Å². The Balaban J connectivity index is 1.88. The average Bonchev–Trinajstić information content (AvgIpc) is 2.98. The highest BCUT2D eigenvalue weighted by molar-refractivity contribution is 7.99. The topological polar surface area (TPSA) is 51.8 Å². The second-order valence-corrected chi connectivity index (χ2v) is 4.92. The first-order valence-electron chi connectivity index (χ1n) is 4.93. The molecule has 16 heavy (non-hydrogen) atoms. The third-order valence-electron chi connectivity index (χ3n) is 2.23. The summed E-state index contributed by atoms with van der Waals surface area (Å²) in [6.07, 6.45) is 5.45. The smallest absolute Gasteiger partial charge is 0.261 e. The third kappa shape index (κ3) is 2.20. The Morgan fingerprint density at radius 2 is 2.25 bits per heavy atom. The molecule has 1 saturated carbocycles. The van der Waals surface area contributed by atoms with Crippen molar-refractivity contribution in [3.63, 3.8) is 0 Å². The van der Waals surface area contributed by atoms with E-state index in [9.17, 15) is 0 Å². The first-order chi connectivity index (χ1) is 7.81. The van der Waals surface area contributed by atoms with Crippen LogP contribution in [0.2, 0.25) is 5.15 Å². The predicted molar refractivity (Wildman–Crippen MR) is 59.6 cm³/mol. The maximum absolute atomic E-state index is 5.95. The molecule has 4 nitrogen and oxygen atoms in total. The van der Waals surface area contributed by atoms with E-state index < -0.39 is 0 Å². The van der Waals surface area contributed by atoms with E-state index in [-0.39, 0.29) is 0 Å². The van der Waals surface area contributed by atoms with Gasteiger partial charge in [0.2, 0.25) is 0 Å². The number of nitrogens with zero attached hydrogens (tertiary/aromatic N) is 3. The lowest BCUT2D eigenvalue weighted by Crippen LogP contribution is -1.94. The summed E-state index contributed by atoms with van der Waals surface area (Å²) >= 11 is 7.30. The van der Waals surface area contributed by atoms with Crippen molar-refractivity contribution in [3.05, 3.63) is 29.5 Å². The lowest BCUT2D eigenvalue weighted by Gasteiger charge is -2.01. The zero-order chi connectivity index (χ0) is 11.0. The molecular weight excluding hydrogens is 246 g/mol. The summed E-state index contributed by atoms with van der Waals surface area (Å²) in [5.74, 6) is 1.32. The maximum atomic E-state index is 5.95. The van der Waals surface area contributed by atoms with Crippen LogP contribution in [0.15, 0.2) is 33.2 Å². The van der Waals surface area contributed by atoms with Crippen LogP contribution in [0, 0.1) is 0 Å². The summed E-state index contributed by atoms with van der Waals surface area (Å²) in [5, 5.41) is 1.83. The summed E-state index contributed by atoms with van der Waals surface area (Å²) < 4.78 is 5.14. The highest BCUT2D eigenvalue weighted by Crippen LogP contribution is 2.39. The van der Waals surface area contributed by atoms with Crippen molar-refractivity contribution in [2.45, 2.75) is 29.0 Å². The summed E-state index contributed by atoms with van der Waals surface area (Å²) in [7, 11) is 0. The van der Waals surface area contributed by atoms with Crippen LogP contribution in [0.25, 0.3) is 0 Å². The predicted octanol–water partition coefficient (Wildman–Crippen LogP) is 3.15. The van der Waals surface area contributed by atoms with Crippen LogP contribution in [-0.4, -0.2) is 15.0 Å². The molecule has 2 heterocycles. The summed E-state index contributed by atoms with van der Waals surface area (Å²) in [5.41, 5.74) is 0. The Hall–Kier alpha value is -1.07. The van der Waals surface area contributed by atoms with Gasteiger partial charge in [-0.1, -0.05) is 11.6 Å². The van der Waals surface area contributed by atoms with Crippen molar-refractivity contribution in [3.8, 4) is 0 Å². The number of hydrogen-bond donors (Lipinski definition) is 0. The van der Waals surface area contributed by atoms with Gasteiger partial charge >= 0.3 is 0 Å². The normalized spacial score (nSPS) is 15.3. The molecule has 1 aliphatic rings. The fraction of sp³-hybridized carbons (Fsp3) is 0.300. The van der Waals surface area contributed by atoms with E-state index in [4.69, 9.17) is 16.0 Å². The lowest BCUT2D eigenvalue weighted by molar-refractivity contribution is 0.454. The van der Waals surface area contributed by atoms with Gasteiger partial charge < -0.3 is 4.42 Å². The van der Waals surface area contributed by atoms with Crippen LogP contribution in [0.3, 0.4) is 0 Å². The van der Waals surface area contributed by atoms with Crippen molar-refractivity contribution < 1.29 is 4.42 Å². The molecule has 1 fully saturated rings. The van der Waals surface area contributed by atoms with Gasteiger partial charge in [-0.3, -0.25) is 0 Å². The van der Waals surface area contributed by atoms with Gasteiger partial charge in [0, 0.05) is 12.0 Å². The van der Waals surface area contributed by atoms with E-state index >= 15 is 0 Å². The van der Waals surface area contributed by atoms with Crippen LogP contribution in [0.4, 0.5) is 0 Å². The number of halogens is 1. The number of oxazole rings is 1. The Labute approximate surface area is 101 Å². The Morgan fingerprint density at radius 1 is 1.38 bits per heavy atom. The van der Waals surface area contributed by atoms with Crippen molar-refractivity contribution in [2.75, 3.05) is 0 Å². The van der Waals surface area contributed by atoms with E-state index in [0.29, 0.717) is 16.3 Å². The lowest BCUT2D eigenvalue weighted by atomic mass is 10.4. The molecule has 6 heteroatoms. The van der Waals surface area contributed by atoms with Crippen LogP contribution in [0.1, 0.15) is 24.6 Å². The fourth-order valence-corrected chi connectivity index (χ4v) is 2.30. The minimum absolute atomic E-state index is 0.478. The molecule has 0 amide bonds. The number of hydrogen-bond acceptors (Lipinski definition) is 5. The number of rotatable bonds is 3. The number of aromatic nitrogens is 3. The van der Waals surface area contributed by atoms with Gasteiger partial charge in [-0.2, -0.15) is 0 Å². The van der Waals surface area contributed by atoms with Gasteiger partial charge in [0.15, 0.2) is 0 Å². The van der Waals surface area contributed by atoms with Gasteiger partial charge in [0.05, 0.1) is 6.20 Å². The summed E-state index contributed by atoms with van der Waals surface area (Å²) in [4.78, 5) is 12.7. The SMILES string of the molecule is Clc1cc(Sc2ncco2)nc(C2CC2)n1. The van der Waals surface area contributed by atoms with Gasteiger partial charge in [-0.05, 0) is 24.6 Å². The molecule has 82 valence electrons. The van der Waals surface area contributed by atoms with Gasteiger partial charge in [-0.25, -0.2) is 15.0 Å². The molecule has 0 bridgehead atoms. The van der Waals surface area contributed by atoms with E-state index in [1.807, 2.05) is 0 Å². The van der Waals surface area contributed by atoms with E-state index in [0.717, 1.165) is 23.7 Å². The molecule has 0 N–H and O–H groups in total. The van der Waals surface area contributed by atoms with Gasteiger partial charge in [0.25, 0.3) is 5.22 Å². The second-order valence-electron chi connectivity index (χ2n) is 3.56. The highest BCUT2D eigenvalue weighted by Gasteiger charge is 2.27. The zero-order valence-electron chi connectivity index (χ0n) is 8.26. The molecule has 0 spiro atoms. The minimum Gasteiger partial charge on any atom is -0.440 e. The van der Waals surface area contributed by atoms with Crippen molar-refractivity contribution in [2.24, 2.45) is 0 Å². The third-order valence-corrected chi connectivity index (χ3v) is 3.22. The molecule has 0 saturated heterocycles. The molecule has 0 atom stereocenters. The molecule has 0 unspecified atom stereocenters. The van der Waals surface area contributed by atoms with Crippen LogP contribution in [-0.2, 0) is 0 Å². The van der Waals surface area contributed by atoms with Crippen molar-refractivity contribution in [1.82, 2.24) is 15.0 Å². The minimum atomic E-state index is 0.478. The van der Waals surface area contributed by atoms with Crippen molar-refractivity contribution in [1.29, 1.82) is 0 Å². The molecular formula is C10H8ClN3OS. The quantitative estimate of drug-likeness (QED) is 0.787. The molecule has 3 rings (SSSR count). The summed E-state index contributed by atoms with van der Waals surface area (Å²) in [6.45, 7) is 0. The molecule has 2 aromatic rings. The average molecular weight is 254 g/mol. The monoisotopic (exact) mass is 253 g/mol. The van der Waals surface area contributed by atoms with Crippen LogP contribution < -0.4 is 0 Å². The molecule has 0 aliphatic heterocycles. The summed E-state index contributed by atoms with van der Waals surface area (Å²) in [6, 6.07) is 1.72. The standard InChI is InChI=1S/C10H8ClN3OS/c11-7-5-8(16-10-12-3-4-15-10)14-9(13-7)6-1-2-6/h3-6H,1-2H2. The first-order valence-corrected chi connectivity index (χ1v) is 6.12. The van der Waals surface area contributed by atoms with E-state index in [1.165, 1.54) is 18.0 Å². The molecule has 1 aliphatic carbocycles. The van der Waals surface area contributed by atoms with E-state index in [2.05, 4.69) is 15.0 Å². The Morgan fingerprint density at radius 3 is 2.94 bits per heavy atom. The molecule has 2 aromatic heterocycles. The van der Waals surface area contributed by atoms with Crippen LogP contribution in [0.5, 0.6) is 0 Å². The van der Waals surface area contributed by atoms with Gasteiger partial charge in [0.1, 0.15) is 22.3 Å². The Bertz CT molecular complexity index is 499. The maximum Gasteiger partial charge on any atom is 0.261 e. The largest absolute Gasteiger partial charge is 0.440 e. The second kappa shape index (κ2) is 4.07. The van der Waals surface area contributed by atoms with Crippen molar-refractivity contribution >= 4 is 23.4 Å². The fourth-order valence-electron chi connectivity index (χ4n) is 1.34. The first kappa shape index (κ1) is 10.1. The van der Waals surface area contributed by atoms with Crippen LogP contribution >= 0.6 is 23.4 Å².